The van der Waals surface area contributed by atoms with E-state index in [1.807, 2.05) is 12.1 Å². The van der Waals surface area contributed by atoms with Crippen LogP contribution in [0.2, 0.25) is 0 Å². The molecule has 0 atom stereocenters. The van der Waals surface area contributed by atoms with Crippen molar-refractivity contribution in [3.63, 3.8) is 0 Å². The quantitative estimate of drug-likeness (QED) is 0.456. The van der Waals surface area contributed by atoms with Gasteiger partial charge in [-0.3, -0.25) is 5.84 Å². The molecular formula is C7H6IN3. The third kappa shape index (κ3) is 1.61. The van der Waals surface area contributed by atoms with Crippen molar-refractivity contribution in [2.75, 3.05) is 5.43 Å². The van der Waals surface area contributed by atoms with Gasteiger partial charge in [0.2, 0.25) is 0 Å². The topological polar surface area (TPSA) is 61.8 Å². The van der Waals surface area contributed by atoms with E-state index in [9.17, 15) is 0 Å². The molecule has 3 nitrogen and oxygen atoms in total. The number of rotatable bonds is 1. The standard InChI is InChI=1S/C7H6IN3/c8-6-2-1-3-7(11-10)5(6)4-9/h1-3,11H,10H2. The van der Waals surface area contributed by atoms with Gasteiger partial charge in [-0.05, 0) is 34.7 Å². The number of nitrogen functional groups attached to an aromatic ring is 1. The summed E-state index contributed by atoms with van der Waals surface area (Å²) in [4.78, 5) is 0. The smallest absolute Gasteiger partial charge is 0.102 e. The van der Waals surface area contributed by atoms with Gasteiger partial charge in [-0.2, -0.15) is 5.26 Å². The molecule has 4 heteroatoms. The fraction of sp³-hybridized carbons (Fsp3) is 0. The molecule has 0 aliphatic heterocycles. The lowest BCUT2D eigenvalue weighted by atomic mass is 10.2. The van der Waals surface area contributed by atoms with Crippen molar-refractivity contribution in [1.29, 1.82) is 5.26 Å². The third-order valence-electron chi connectivity index (χ3n) is 1.28. The summed E-state index contributed by atoms with van der Waals surface area (Å²) in [6.45, 7) is 0. The van der Waals surface area contributed by atoms with Crippen LogP contribution in [-0.2, 0) is 0 Å². The minimum Gasteiger partial charge on any atom is -0.323 e. The molecule has 0 amide bonds. The van der Waals surface area contributed by atoms with Gasteiger partial charge in [0.25, 0.3) is 0 Å². The lowest BCUT2D eigenvalue weighted by Gasteiger charge is -2.02. The summed E-state index contributed by atoms with van der Waals surface area (Å²) < 4.78 is 0.903. The number of hydrazine groups is 1. The Balaban J connectivity index is 3.27. The van der Waals surface area contributed by atoms with Crippen LogP contribution in [0.25, 0.3) is 0 Å². The lowest BCUT2D eigenvalue weighted by molar-refractivity contribution is 1.33. The second-order valence-electron chi connectivity index (χ2n) is 1.92. The van der Waals surface area contributed by atoms with Crippen molar-refractivity contribution in [3.8, 4) is 6.07 Å². The first-order valence-electron chi connectivity index (χ1n) is 2.95. The fourth-order valence-corrected chi connectivity index (χ4v) is 1.38. The molecular weight excluding hydrogens is 253 g/mol. The molecule has 56 valence electrons. The largest absolute Gasteiger partial charge is 0.323 e. The Morgan fingerprint density at radius 3 is 2.73 bits per heavy atom. The molecule has 0 fully saturated rings. The minimum absolute atomic E-state index is 0.593. The first-order valence-corrected chi connectivity index (χ1v) is 4.02. The maximum atomic E-state index is 8.68. The number of nitrogens with zero attached hydrogens (tertiary/aromatic N) is 1. The molecule has 0 aliphatic rings. The van der Waals surface area contributed by atoms with Crippen molar-refractivity contribution in [1.82, 2.24) is 0 Å². The highest BCUT2D eigenvalue weighted by molar-refractivity contribution is 14.1. The number of benzene rings is 1. The molecule has 0 saturated carbocycles. The normalized spacial score (nSPS) is 8.82. The fourth-order valence-electron chi connectivity index (χ4n) is 0.758. The SMILES string of the molecule is N#Cc1c(I)cccc1NN. The molecule has 0 aromatic heterocycles. The first-order chi connectivity index (χ1) is 5.29. The summed E-state index contributed by atoms with van der Waals surface area (Å²) in [7, 11) is 0. The van der Waals surface area contributed by atoms with Gasteiger partial charge in [0.1, 0.15) is 6.07 Å². The molecule has 0 aliphatic carbocycles. The second kappa shape index (κ2) is 3.55. The monoisotopic (exact) mass is 259 g/mol. The highest BCUT2D eigenvalue weighted by atomic mass is 127. The zero-order valence-corrected chi connectivity index (χ0v) is 7.79. The van der Waals surface area contributed by atoms with Crippen molar-refractivity contribution in [2.45, 2.75) is 0 Å². The van der Waals surface area contributed by atoms with Crippen LogP contribution in [0.15, 0.2) is 18.2 Å². The van der Waals surface area contributed by atoms with Crippen LogP contribution in [0.4, 0.5) is 5.69 Å². The van der Waals surface area contributed by atoms with Crippen molar-refractivity contribution >= 4 is 28.3 Å². The van der Waals surface area contributed by atoms with E-state index in [1.54, 1.807) is 6.07 Å². The average molecular weight is 259 g/mol. The molecule has 0 heterocycles. The van der Waals surface area contributed by atoms with E-state index in [-0.39, 0.29) is 0 Å². The van der Waals surface area contributed by atoms with E-state index in [4.69, 9.17) is 11.1 Å². The van der Waals surface area contributed by atoms with Crippen molar-refractivity contribution in [2.24, 2.45) is 5.84 Å². The number of hydrogen-bond acceptors (Lipinski definition) is 3. The Hall–Kier alpha value is -0.800. The van der Waals surface area contributed by atoms with Gasteiger partial charge >= 0.3 is 0 Å². The van der Waals surface area contributed by atoms with Gasteiger partial charge in [-0.15, -0.1) is 0 Å². The Bertz CT molecular complexity index is 303. The molecule has 0 spiro atoms. The number of halogens is 1. The van der Waals surface area contributed by atoms with Gasteiger partial charge < -0.3 is 5.43 Å². The van der Waals surface area contributed by atoms with Crippen molar-refractivity contribution in [3.05, 3.63) is 27.3 Å². The highest BCUT2D eigenvalue weighted by Gasteiger charge is 2.02. The van der Waals surface area contributed by atoms with E-state index in [1.165, 1.54) is 0 Å². The van der Waals surface area contributed by atoms with E-state index in [0.29, 0.717) is 11.3 Å². The Morgan fingerprint density at radius 2 is 2.27 bits per heavy atom. The predicted octanol–water partition coefficient (Wildman–Crippen LogP) is 1.45. The minimum atomic E-state index is 0.593. The molecule has 0 radical (unpaired) electrons. The Morgan fingerprint density at radius 1 is 1.55 bits per heavy atom. The lowest BCUT2D eigenvalue weighted by Crippen LogP contribution is -2.08. The molecule has 1 aromatic rings. The first kappa shape index (κ1) is 8.30. The van der Waals surface area contributed by atoms with E-state index in [0.717, 1.165) is 3.57 Å². The van der Waals surface area contributed by atoms with Gasteiger partial charge in [-0.1, -0.05) is 6.07 Å². The third-order valence-corrected chi connectivity index (χ3v) is 2.18. The summed E-state index contributed by atoms with van der Waals surface area (Å²) in [5.74, 6) is 5.19. The van der Waals surface area contributed by atoms with E-state index in [2.05, 4.69) is 34.1 Å². The molecule has 3 N–H and O–H groups in total. The van der Waals surface area contributed by atoms with Crippen LogP contribution in [-0.4, -0.2) is 0 Å². The van der Waals surface area contributed by atoms with Gasteiger partial charge in [0.05, 0.1) is 11.3 Å². The van der Waals surface area contributed by atoms with Crippen LogP contribution in [0.5, 0.6) is 0 Å². The maximum absolute atomic E-state index is 8.68. The number of nitriles is 1. The van der Waals surface area contributed by atoms with E-state index < -0.39 is 0 Å². The molecule has 0 saturated heterocycles. The van der Waals surface area contributed by atoms with Crippen LogP contribution in [0.3, 0.4) is 0 Å². The molecule has 11 heavy (non-hydrogen) atoms. The Labute approximate surface area is 78.3 Å². The van der Waals surface area contributed by atoms with Crippen LogP contribution in [0.1, 0.15) is 5.56 Å². The van der Waals surface area contributed by atoms with Crippen LogP contribution < -0.4 is 11.3 Å². The summed E-state index contributed by atoms with van der Waals surface area (Å²) in [6.07, 6.45) is 0. The average Bonchev–Trinajstić information content (AvgIpc) is 2.04. The zero-order valence-electron chi connectivity index (χ0n) is 5.63. The summed E-state index contributed by atoms with van der Waals surface area (Å²) in [6, 6.07) is 7.54. The van der Waals surface area contributed by atoms with Crippen molar-refractivity contribution < 1.29 is 0 Å². The summed E-state index contributed by atoms with van der Waals surface area (Å²) in [5, 5.41) is 8.68. The molecule has 0 unspecified atom stereocenters. The number of nitrogens with one attached hydrogen (secondary N) is 1. The summed E-state index contributed by atoms with van der Waals surface area (Å²) in [5.41, 5.74) is 3.72. The van der Waals surface area contributed by atoms with Gasteiger partial charge in [0.15, 0.2) is 0 Å². The maximum Gasteiger partial charge on any atom is 0.102 e. The molecule has 0 bridgehead atoms. The highest BCUT2D eigenvalue weighted by Crippen LogP contribution is 2.19. The Kier molecular flexibility index (Phi) is 2.68. The van der Waals surface area contributed by atoms with Gasteiger partial charge in [-0.25, -0.2) is 0 Å². The number of nitrogens with two attached hydrogens (primary N) is 1. The molecule has 1 rings (SSSR count). The number of hydrogen-bond donors (Lipinski definition) is 2. The van der Waals surface area contributed by atoms with Gasteiger partial charge in [0, 0.05) is 3.57 Å². The number of anilines is 1. The molecule has 1 aromatic carbocycles. The zero-order chi connectivity index (χ0) is 8.27. The second-order valence-corrected chi connectivity index (χ2v) is 3.08. The summed E-state index contributed by atoms with van der Waals surface area (Å²) >= 11 is 2.09. The van der Waals surface area contributed by atoms with Crippen LogP contribution in [0, 0.1) is 14.9 Å². The van der Waals surface area contributed by atoms with E-state index >= 15 is 0 Å². The predicted molar refractivity (Wildman–Crippen MR) is 51.7 cm³/mol. The van der Waals surface area contributed by atoms with Crippen LogP contribution >= 0.6 is 22.6 Å².